The van der Waals surface area contributed by atoms with Crippen molar-refractivity contribution in [2.75, 3.05) is 6.54 Å². The number of hydrogen-bond acceptors (Lipinski definition) is 2. The summed E-state index contributed by atoms with van der Waals surface area (Å²) in [6, 6.07) is 0.601. The van der Waals surface area contributed by atoms with Gasteiger partial charge in [-0.15, -0.1) is 0 Å². The van der Waals surface area contributed by atoms with Crippen LogP contribution < -0.4 is 5.32 Å². The van der Waals surface area contributed by atoms with Crippen LogP contribution in [0.15, 0.2) is 0 Å². The van der Waals surface area contributed by atoms with Crippen LogP contribution in [0, 0.1) is 0 Å². The number of rotatable bonds is 10. The zero-order chi connectivity index (χ0) is 11.5. The van der Waals surface area contributed by atoms with Crippen LogP contribution >= 0.6 is 0 Å². The van der Waals surface area contributed by atoms with Crippen molar-refractivity contribution in [1.29, 1.82) is 0 Å². The van der Waals surface area contributed by atoms with Gasteiger partial charge in [0.1, 0.15) is 0 Å². The Morgan fingerprint density at radius 1 is 1.27 bits per heavy atom. The molecule has 0 rings (SSSR count). The van der Waals surface area contributed by atoms with Crippen molar-refractivity contribution in [3.8, 4) is 0 Å². The Morgan fingerprint density at radius 2 is 2.00 bits per heavy atom. The smallest absolute Gasteiger partial charge is 0.303 e. The molecule has 2 N–H and O–H groups in total. The third kappa shape index (κ3) is 11.4. The van der Waals surface area contributed by atoms with Gasteiger partial charge in [-0.25, -0.2) is 0 Å². The van der Waals surface area contributed by atoms with Gasteiger partial charge in [0.25, 0.3) is 0 Å². The molecule has 15 heavy (non-hydrogen) atoms. The maximum absolute atomic E-state index is 10.2. The van der Waals surface area contributed by atoms with Crippen molar-refractivity contribution >= 4 is 5.97 Å². The maximum Gasteiger partial charge on any atom is 0.303 e. The van der Waals surface area contributed by atoms with Crippen molar-refractivity contribution in [3.63, 3.8) is 0 Å². The first-order valence-corrected chi connectivity index (χ1v) is 6.12. The lowest BCUT2D eigenvalue weighted by atomic mass is 10.1. The van der Waals surface area contributed by atoms with E-state index < -0.39 is 5.97 Å². The minimum Gasteiger partial charge on any atom is -0.481 e. The Morgan fingerprint density at radius 3 is 2.60 bits per heavy atom. The first-order valence-electron chi connectivity index (χ1n) is 6.12. The Labute approximate surface area is 93.3 Å². The second-order valence-corrected chi connectivity index (χ2v) is 4.20. The zero-order valence-electron chi connectivity index (χ0n) is 10.1. The van der Waals surface area contributed by atoms with Crippen LogP contribution in [0.5, 0.6) is 0 Å². The molecule has 0 bridgehead atoms. The summed E-state index contributed by atoms with van der Waals surface area (Å²) in [6.07, 6.45) is 7.00. The van der Waals surface area contributed by atoms with E-state index in [9.17, 15) is 4.79 Å². The van der Waals surface area contributed by atoms with E-state index >= 15 is 0 Å². The number of carboxylic acid groups (broad SMARTS) is 1. The van der Waals surface area contributed by atoms with Crippen LogP contribution in [-0.4, -0.2) is 23.7 Å². The van der Waals surface area contributed by atoms with Gasteiger partial charge >= 0.3 is 5.97 Å². The molecule has 0 aromatic carbocycles. The summed E-state index contributed by atoms with van der Waals surface area (Å²) in [6.45, 7) is 5.44. The molecule has 1 unspecified atom stereocenters. The van der Waals surface area contributed by atoms with Crippen molar-refractivity contribution in [2.45, 2.75) is 64.8 Å². The number of carboxylic acids is 1. The molecule has 0 radical (unpaired) electrons. The summed E-state index contributed by atoms with van der Waals surface area (Å²) >= 11 is 0. The largest absolute Gasteiger partial charge is 0.481 e. The van der Waals surface area contributed by atoms with Gasteiger partial charge in [0, 0.05) is 12.5 Å². The fourth-order valence-corrected chi connectivity index (χ4v) is 1.54. The highest BCUT2D eigenvalue weighted by Crippen LogP contribution is 2.01. The third-order valence-corrected chi connectivity index (χ3v) is 2.55. The number of carbonyl (C=O) groups is 1. The van der Waals surface area contributed by atoms with E-state index in [0.29, 0.717) is 12.5 Å². The predicted molar refractivity (Wildman–Crippen MR) is 63.1 cm³/mol. The first kappa shape index (κ1) is 14.4. The maximum atomic E-state index is 10.2. The minimum absolute atomic E-state index is 0.311. The number of aliphatic carboxylic acids is 1. The standard InChI is InChI=1S/C12H25NO2/c1-3-4-8-11(2)13-10-7-5-6-9-12(14)15/h11,13H,3-10H2,1-2H3,(H,14,15). The SMILES string of the molecule is CCCCC(C)NCCCCCC(=O)O. The molecule has 0 aliphatic carbocycles. The molecule has 90 valence electrons. The van der Waals surface area contributed by atoms with Crippen molar-refractivity contribution in [3.05, 3.63) is 0 Å². The quantitative estimate of drug-likeness (QED) is 0.551. The van der Waals surface area contributed by atoms with E-state index in [0.717, 1.165) is 25.8 Å². The summed E-state index contributed by atoms with van der Waals surface area (Å²) in [7, 11) is 0. The summed E-state index contributed by atoms with van der Waals surface area (Å²) in [4.78, 5) is 10.2. The fraction of sp³-hybridized carbons (Fsp3) is 0.917. The van der Waals surface area contributed by atoms with Crippen LogP contribution in [-0.2, 0) is 4.79 Å². The molecule has 0 saturated carbocycles. The summed E-state index contributed by atoms with van der Waals surface area (Å²) in [5.41, 5.74) is 0. The Kier molecular flexibility index (Phi) is 9.59. The molecular formula is C12H25NO2. The topological polar surface area (TPSA) is 49.3 Å². The first-order chi connectivity index (χ1) is 7.16. The van der Waals surface area contributed by atoms with Gasteiger partial charge in [-0.1, -0.05) is 26.2 Å². The summed E-state index contributed by atoms with van der Waals surface area (Å²) in [5, 5.41) is 11.9. The van der Waals surface area contributed by atoms with Crippen LogP contribution in [0.3, 0.4) is 0 Å². The number of hydrogen-bond donors (Lipinski definition) is 2. The second kappa shape index (κ2) is 9.97. The number of unbranched alkanes of at least 4 members (excludes halogenated alkanes) is 3. The second-order valence-electron chi connectivity index (χ2n) is 4.20. The predicted octanol–water partition coefficient (Wildman–Crippen LogP) is 2.80. The highest BCUT2D eigenvalue weighted by molar-refractivity contribution is 5.66. The molecule has 3 nitrogen and oxygen atoms in total. The molecule has 0 aliphatic rings. The Bertz CT molecular complexity index is 160. The van der Waals surface area contributed by atoms with Gasteiger partial charge < -0.3 is 10.4 Å². The number of nitrogens with one attached hydrogen (secondary N) is 1. The molecule has 0 saturated heterocycles. The molecule has 0 amide bonds. The van der Waals surface area contributed by atoms with E-state index in [1.165, 1.54) is 19.3 Å². The molecule has 0 aromatic heterocycles. The van der Waals surface area contributed by atoms with Crippen molar-refractivity contribution in [1.82, 2.24) is 5.32 Å². The van der Waals surface area contributed by atoms with E-state index in [-0.39, 0.29) is 0 Å². The third-order valence-electron chi connectivity index (χ3n) is 2.55. The van der Waals surface area contributed by atoms with E-state index in [1.807, 2.05) is 0 Å². The van der Waals surface area contributed by atoms with Gasteiger partial charge in [-0.05, 0) is 32.7 Å². The van der Waals surface area contributed by atoms with E-state index in [1.54, 1.807) is 0 Å². The highest BCUT2D eigenvalue weighted by Gasteiger charge is 2.00. The zero-order valence-corrected chi connectivity index (χ0v) is 10.1. The fourth-order valence-electron chi connectivity index (χ4n) is 1.54. The van der Waals surface area contributed by atoms with E-state index in [4.69, 9.17) is 5.11 Å². The molecule has 1 atom stereocenters. The van der Waals surface area contributed by atoms with Crippen LogP contribution in [0.25, 0.3) is 0 Å². The molecular weight excluding hydrogens is 190 g/mol. The lowest BCUT2D eigenvalue weighted by Crippen LogP contribution is -2.26. The van der Waals surface area contributed by atoms with Crippen molar-refractivity contribution < 1.29 is 9.90 Å². The highest BCUT2D eigenvalue weighted by atomic mass is 16.4. The van der Waals surface area contributed by atoms with Crippen LogP contribution in [0.2, 0.25) is 0 Å². The van der Waals surface area contributed by atoms with Gasteiger partial charge in [-0.3, -0.25) is 4.79 Å². The molecule has 0 aliphatic heterocycles. The molecule has 0 aromatic rings. The monoisotopic (exact) mass is 215 g/mol. The van der Waals surface area contributed by atoms with E-state index in [2.05, 4.69) is 19.2 Å². The molecule has 3 heteroatoms. The summed E-state index contributed by atoms with van der Waals surface area (Å²) < 4.78 is 0. The lowest BCUT2D eigenvalue weighted by molar-refractivity contribution is -0.137. The van der Waals surface area contributed by atoms with Crippen LogP contribution in [0.1, 0.15) is 58.8 Å². The Hall–Kier alpha value is -0.570. The average Bonchev–Trinajstić information content (AvgIpc) is 2.19. The van der Waals surface area contributed by atoms with Crippen molar-refractivity contribution in [2.24, 2.45) is 0 Å². The summed E-state index contributed by atoms with van der Waals surface area (Å²) in [5.74, 6) is -0.681. The van der Waals surface area contributed by atoms with Crippen LogP contribution in [0.4, 0.5) is 0 Å². The average molecular weight is 215 g/mol. The van der Waals surface area contributed by atoms with Gasteiger partial charge in [0.15, 0.2) is 0 Å². The van der Waals surface area contributed by atoms with Gasteiger partial charge in [0.2, 0.25) is 0 Å². The normalized spacial score (nSPS) is 12.7. The molecule has 0 spiro atoms. The van der Waals surface area contributed by atoms with Gasteiger partial charge in [-0.2, -0.15) is 0 Å². The Balaban J connectivity index is 3.12. The lowest BCUT2D eigenvalue weighted by Gasteiger charge is -2.12. The minimum atomic E-state index is -0.681. The van der Waals surface area contributed by atoms with Gasteiger partial charge in [0.05, 0.1) is 0 Å². The molecule has 0 fully saturated rings. The molecule has 0 heterocycles.